The summed E-state index contributed by atoms with van der Waals surface area (Å²) in [6, 6.07) is 0. The minimum absolute atomic E-state index is 0.0761. The highest BCUT2D eigenvalue weighted by Crippen LogP contribution is 2.12. The zero-order valence-electron chi connectivity index (χ0n) is 27.1. The highest BCUT2D eigenvalue weighted by atomic mass is 16.7. The minimum Gasteiger partial charge on any atom is -0.465 e. The molecule has 0 spiro atoms. The number of rotatable bonds is 28. The Morgan fingerprint density at radius 1 is 0.675 bits per heavy atom. The lowest BCUT2D eigenvalue weighted by atomic mass is 10.1. The summed E-state index contributed by atoms with van der Waals surface area (Å²) in [6.07, 6.45) is 14.5. The van der Waals surface area contributed by atoms with Gasteiger partial charge >= 0.3 is 12.1 Å². The normalized spacial score (nSPS) is 12.2. The van der Waals surface area contributed by atoms with E-state index in [4.69, 9.17) is 18.9 Å². The van der Waals surface area contributed by atoms with Crippen molar-refractivity contribution in [1.82, 2.24) is 9.80 Å². The molecule has 0 aliphatic rings. The molecule has 8 heteroatoms. The van der Waals surface area contributed by atoms with Gasteiger partial charge in [0.25, 0.3) is 0 Å². The van der Waals surface area contributed by atoms with Crippen LogP contribution >= 0.6 is 0 Å². The van der Waals surface area contributed by atoms with Gasteiger partial charge in [0, 0.05) is 45.7 Å². The van der Waals surface area contributed by atoms with Crippen LogP contribution in [0.25, 0.3) is 0 Å². The van der Waals surface area contributed by atoms with E-state index in [2.05, 4.69) is 32.6 Å². The van der Waals surface area contributed by atoms with Gasteiger partial charge < -0.3 is 28.7 Å². The molecule has 0 aliphatic carbocycles. The van der Waals surface area contributed by atoms with Crippen molar-refractivity contribution in [3.63, 3.8) is 0 Å². The first-order valence-electron chi connectivity index (χ1n) is 16.4. The lowest BCUT2D eigenvalue weighted by Crippen LogP contribution is -2.37. The summed E-state index contributed by atoms with van der Waals surface area (Å²) >= 11 is 0. The molecule has 0 heterocycles. The molecule has 238 valence electrons. The smallest absolute Gasteiger partial charge is 0.409 e. The van der Waals surface area contributed by atoms with Gasteiger partial charge in [-0.1, -0.05) is 98.8 Å². The number of ether oxygens (including phenoxy) is 4. The second-order valence-corrected chi connectivity index (χ2v) is 11.1. The van der Waals surface area contributed by atoms with E-state index in [-0.39, 0.29) is 43.9 Å². The van der Waals surface area contributed by atoms with Crippen molar-refractivity contribution in [3.8, 4) is 0 Å². The number of esters is 1. The van der Waals surface area contributed by atoms with Gasteiger partial charge in [-0.2, -0.15) is 0 Å². The Labute approximate surface area is 246 Å². The highest BCUT2D eigenvalue weighted by molar-refractivity contribution is 5.69. The lowest BCUT2D eigenvalue weighted by Gasteiger charge is -2.23. The Kier molecular flexibility index (Phi) is 26.8. The molecular formula is C32H64N2O6. The maximum absolute atomic E-state index is 12.4. The molecule has 0 bridgehead atoms. The Morgan fingerprint density at radius 3 is 1.70 bits per heavy atom. The van der Waals surface area contributed by atoms with Crippen LogP contribution in [-0.4, -0.2) is 87.8 Å². The summed E-state index contributed by atoms with van der Waals surface area (Å²) in [7, 11) is 1.75. The number of unbranched alkanes of at least 4 members (excludes halogenated alkanes) is 10. The standard InChI is InChI=1S/C32H64N2O6/c1-7-11-13-15-17-19-25-37-31(38-26-20-18-16-14-12-8-2)22-21-30(35)39-27-29(5)28-40-32(36)33(6)23-24-34(9-3)10-4/h29,31H,7-28H2,1-6H3. The molecule has 0 aromatic rings. The molecule has 0 saturated carbocycles. The van der Waals surface area contributed by atoms with Crippen molar-refractivity contribution in [2.75, 3.05) is 59.7 Å². The number of nitrogens with zero attached hydrogens (tertiary/aromatic N) is 2. The maximum Gasteiger partial charge on any atom is 0.409 e. The number of amides is 1. The van der Waals surface area contributed by atoms with Gasteiger partial charge in [0.05, 0.1) is 19.6 Å². The fraction of sp³-hybridized carbons (Fsp3) is 0.938. The van der Waals surface area contributed by atoms with Crippen molar-refractivity contribution in [1.29, 1.82) is 0 Å². The summed E-state index contributed by atoms with van der Waals surface area (Å²) in [4.78, 5) is 28.5. The molecule has 0 saturated heterocycles. The van der Waals surface area contributed by atoms with E-state index in [1.54, 1.807) is 11.9 Å². The Morgan fingerprint density at radius 2 is 1.18 bits per heavy atom. The summed E-state index contributed by atoms with van der Waals surface area (Å²) < 4.78 is 22.9. The summed E-state index contributed by atoms with van der Waals surface area (Å²) in [6.45, 7) is 15.7. The lowest BCUT2D eigenvalue weighted by molar-refractivity contribution is -0.160. The molecule has 0 N–H and O–H groups in total. The summed E-state index contributed by atoms with van der Waals surface area (Å²) in [5.41, 5.74) is 0. The first-order chi connectivity index (χ1) is 19.4. The van der Waals surface area contributed by atoms with Crippen LogP contribution in [0.1, 0.15) is 125 Å². The van der Waals surface area contributed by atoms with E-state index in [1.807, 2.05) is 6.92 Å². The van der Waals surface area contributed by atoms with Crippen molar-refractivity contribution in [2.24, 2.45) is 5.92 Å². The predicted octanol–water partition coefficient (Wildman–Crippen LogP) is 7.44. The molecule has 0 aromatic heterocycles. The third-order valence-corrected chi connectivity index (χ3v) is 7.17. The van der Waals surface area contributed by atoms with E-state index in [9.17, 15) is 9.59 Å². The third kappa shape index (κ3) is 23.3. The van der Waals surface area contributed by atoms with Crippen molar-refractivity contribution < 1.29 is 28.5 Å². The van der Waals surface area contributed by atoms with Crippen molar-refractivity contribution in [3.05, 3.63) is 0 Å². The Bertz CT molecular complexity index is 570. The fourth-order valence-electron chi connectivity index (χ4n) is 4.25. The number of likely N-dealkylation sites (N-methyl/N-ethyl adjacent to an activating group) is 2. The molecule has 1 unspecified atom stereocenters. The fourth-order valence-corrected chi connectivity index (χ4v) is 4.25. The predicted molar refractivity (Wildman–Crippen MR) is 164 cm³/mol. The number of hydrogen-bond acceptors (Lipinski definition) is 7. The van der Waals surface area contributed by atoms with Gasteiger partial charge in [-0.05, 0) is 25.9 Å². The van der Waals surface area contributed by atoms with Gasteiger partial charge in [-0.15, -0.1) is 0 Å². The SMILES string of the molecule is CCCCCCCCOC(CCC(=O)OCC(C)COC(=O)N(C)CCN(CC)CC)OCCCCCCCC. The molecule has 1 atom stereocenters. The van der Waals surface area contributed by atoms with E-state index < -0.39 is 0 Å². The zero-order valence-corrected chi connectivity index (χ0v) is 27.1. The van der Waals surface area contributed by atoms with Crippen LogP contribution in [0.4, 0.5) is 4.79 Å². The van der Waals surface area contributed by atoms with Crippen LogP contribution in [-0.2, 0) is 23.7 Å². The van der Waals surface area contributed by atoms with Crippen LogP contribution in [0, 0.1) is 5.92 Å². The topological polar surface area (TPSA) is 77.5 Å². The zero-order chi connectivity index (χ0) is 29.8. The molecular weight excluding hydrogens is 508 g/mol. The summed E-state index contributed by atoms with van der Waals surface area (Å²) in [5.74, 6) is -0.348. The molecule has 0 aliphatic heterocycles. The van der Waals surface area contributed by atoms with Gasteiger partial charge in [0.1, 0.15) is 0 Å². The average Bonchev–Trinajstić information content (AvgIpc) is 2.96. The van der Waals surface area contributed by atoms with Crippen molar-refractivity contribution >= 4 is 12.1 Å². The second kappa shape index (κ2) is 27.8. The average molecular weight is 573 g/mol. The van der Waals surface area contributed by atoms with Gasteiger partial charge in [-0.3, -0.25) is 4.79 Å². The minimum atomic E-state index is -0.371. The van der Waals surface area contributed by atoms with Gasteiger partial charge in [-0.25, -0.2) is 4.79 Å². The van der Waals surface area contributed by atoms with Crippen LogP contribution in [0.5, 0.6) is 0 Å². The monoisotopic (exact) mass is 572 g/mol. The molecule has 0 rings (SSSR count). The van der Waals surface area contributed by atoms with Gasteiger partial charge in [0.2, 0.25) is 0 Å². The molecule has 0 aromatic carbocycles. The first-order valence-corrected chi connectivity index (χ1v) is 16.4. The molecule has 40 heavy (non-hydrogen) atoms. The van der Waals surface area contributed by atoms with Crippen LogP contribution in [0.3, 0.4) is 0 Å². The van der Waals surface area contributed by atoms with Crippen molar-refractivity contribution in [2.45, 2.75) is 131 Å². The first kappa shape index (κ1) is 38.6. The van der Waals surface area contributed by atoms with E-state index in [1.165, 1.54) is 64.2 Å². The highest BCUT2D eigenvalue weighted by Gasteiger charge is 2.16. The number of hydrogen-bond donors (Lipinski definition) is 0. The quantitative estimate of drug-likeness (QED) is 0.0548. The number of carbonyl (C=O) groups excluding carboxylic acids is 2. The van der Waals surface area contributed by atoms with E-state index >= 15 is 0 Å². The Hall–Kier alpha value is -1.38. The molecule has 0 radical (unpaired) electrons. The van der Waals surface area contributed by atoms with Gasteiger partial charge in [0.15, 0.2) is 6.29 Å². The van der Waals surface area contributed by atoms with Crippen LogP contribution in [0.2, 0.25) is 0 Å². The molecule has 1 amide bonds. The Balaban J connectivity index is 4.29. The number of carbonyl (C=O) groups is 2. The third-order valence-electron chi connectivity index (χ3n) is 7.17. The second-order valence-electron chi connectivity index (χ2n) is 11.1. The maximum atomic E-state index is 12.4. The molecule has 0 fully saturated rings. The van der Waals surface area contributed by atoms with E-state index in [0.717, 1.165) is 32.5 Å². The van der Waals surface area contributed by atoms with E-state index in [0.29, 0.717) is 26.2 Å². The van der Waals surface area contributed by atoms with Crippen LogP contribution in [0.15, 0.2) is 0 Å². The summed E-state index contributed by atoms with van der Waals surface area (Å²) in [5, 5.41) is 0. The molecule has 8 nitrogen and oxygen atoms in total. The van der Waals surface area contributed by atoms with Crippen LogP contribution < -0.4 is 0 Å². The largest absolute Gasteiger partial charge is 0.465 e.